The average Bonchev–Trinajstić information content (AvgIpc) is 2.22. The second-order valence-corrected chi connectivity index (χ2v) is 4.56. The lowest BCUT2D eigenvalue weighted by Crippen LogP contribution is -2.36. The molecule has 0 saturated heterocycles. The Hall–Kier alpha value is -0.780. The van der Waals surface area contributed by atoms with Gasteiger partial charge >= 0.3 is 6.03 Å². The zero-order valence-corrected chi connectivity index (χ0v) is 11.1. The van der Waals surface area contributed by atoms with Crippen molar-refractivity contribution in [1.29, 1.82) is 0 Å². The lowest BCUT2D eigenvalue weighted by atomic mass is 10.2. The number of halogens is 1. The van der Waals surface area contributed by atoms with Gasteiger partial charge in [0.05, 0.1) is 0 Å². The molecule has 0 heterocycles. The number of hydrogen-bond donors (Lipinski definition) is 1. The average molecular weight is 318 g/mol. The fraction of sp³-hybridized carbons (Fsp3) is 0.364. The van der Waals surface area contributed by atoms with Crippen LogP contribution in [-0.4, -0.2) is 24.5 Å². The van der Waals surface area contributed by atoms with Crippen LogP contribution in [0.3, 0.4) is 0 Å². The van der Waals surface area contributed by atoms with Crippen molar-refractivity contribution in [3.63, 3.8) is 0 Å². The van der Waals surface area contributed by atoms with Crippen molar-refractivity contribution in [2.75, 3.05) is 13.6 Å². The summed E-state index contributed by atoms with van der Waals surface area (Å²) in [6, 6.07) is 8.13. The van der Waals surface area contributed by atoms with Crippen molar-refractivity contribution < 1.29 is 4.79 Å². The van der Waals surface area contributed by atoms with Gasteiger partial charge in [0.25, 0.3) is 0 Å². The van der Waals surface area contributed by atoms with Crippen molar-refractivity contribution in [2.45, 2.75) is 13.5 Å². The second kappa shape index (κ2) is 5.95. The molecule has 3 nitrogen and oxygen atoms in total. The van der Waals surface area contributed by atoms with Crippen LogP contribution < -0.4 is 5.32 Å². The molecule has 0 atom stereocenters. The van der Waals surface area contributed by atoms with Crippen LogP contribution in [-0.2, 0) is 6.54 Å². The molecule has 1 aromatic rings. The van der Waals surface area contributed by atoms with Crippen LogP contribution in [0.15, 0.2) is 24.3 Å². The molecule has 0 unspecified atom stereocenters. The Balaban J connectivity index is 2.54. The Morgan fingerprint density at radius 2 is 2.00 bits per heavy atom. The van der Waals surface area contributed by atoms with Gasteiger partial charge in [0.2, 0.25) is 0 Å². The predicted molar refractivity (Wildman–Crippen MR) is 69.7 cm³/mol. The maximum atomic E-state index is 11.4. The molecule has 0 aliphatic carbocycles. The minimum atomic E-state index is -0.0314. The molecule has 0 aromatic heterocycles. The molecule has 1 aromatic carbocycles. The summed E-state index contributed by atoms with van der Waals surface area (Å²) >= 11 is 2.26. The van der Waals surface area contributed by atoms with Crippen molar-refractivity contribution in [1.82, 2.24) is 10.2 Å². The maximum Gasteiger partial charge on any atom is 0.317 e. The minimum absolute atomic E-state index is 0.0314. The molecule has 0 bridgehead atoms. The summed E-state index contributed by atoms with van der Waals surface area (Å²) in [4.78, 5) is 13.1. The summed E-state index contributed by atoms with van der Waals surface area (Å²) < 4.78 is 1.21. The van der Waals surface area contributed by atoms with Gasteiger partial charge in [-0.25, -0.2) is 4.79 Å². The topological polar surface area (TPSA) is 32.3 Å². The smallest absolute Gasteiger partial charge is 0.317 e. The van der Waals surface area contributed by atoms with E-state index in [2.05, 4.69) is 27.9 Å². The maximum absolute atomic E-state index is 11.4. The number of rotatable bonds is 3. The van der Waals surface area contributed by atoms with Crippen LogP contribution in [0.4, 0.5) is 4.79 Å². The number of urea groups is 1. The Bertz CT molecular complexity index is 324. The number of benzene rings is 1. The van der Waals surface area contributed by atoms with E-state index in [1.165, 1.54) is 3.57 Å². The van der Waals surface area contributed by atoms with E-state index in [1.807, 2.05) is 31.2 Å². The van der Waals surface area contributed by atoms with Crippen LogP contribution >= 0.6 is 22.6 Å². The van der Waals surface area contributed by atoms with Gasteiger partial charge in [-0.1, -0.05) is 12.1 Å². The third kappa shape index (κ3) is 4.07. The highest BCUT2D eigenvalue weighted by molar-refractivity contribution is 14.1. The monoisotopic (exact) mass is 318 g/mol. The van der Waals surface area contributed by atoms with Crippen LogP contribution in [0.5, 0.6) is 0 Å². The number of amides is 2. The summed E-state index contributed by atoms with van der Waals surface area (Å²) in [6.45, 7) is 3.22. The van der Waals surface area contributed by atoms with Crippen molar-refractivity contribution in [3.05, 3.63) is 33.4 Å². The first-order valence-electron chi connectivity index (χ1n) is 4.87. The summed E-state index contributed by atoms with van der Waals surface area (Å²) in [7, 11) is 1.79. The van der Waals surface area contributed by atoms with Crippen LogP contribution in [0.1, 0.15) is 12.5 Å². The van der Waals surface area contributed by atoms with Crippen molar-refractivity contribution >= 4 is 28.6 Å². The number of carbonyl (C=O) groups excluding carboxylic acids is 1. The second-order valence-electron chi connectivity index (χ2n) is 3.32. The fourth-order valence-corrected chi connectivity index (χ4v) is 1.58. The zero-order valence-electron chi connectivity index (χ0n) is 8.96. The van der Waals surface area contributed by atoms with Gasteiger partial charge in [0.15, 0.2) is 0 Å². The van der Waals surface area contributed by atoms with E-state index in [4.69, 9.17) is 0 Å². The van der Waals surface area contributed by atoms with Crippen LogP contribution in [0, 0.1) is 3.57 Å². The van der Waals surface area contributed by atoms with Gasteiger partial charge in [0, 0.05) is 23.7 Å². The first-order chi connectivity index (χ1) is 7.13. The Morgan fingerprint density at radius 3 is 2.53 bits per heavy atom. The molecule has 0 spiro atoms. The molecule has 15 heavy (non-hydrogen) atoms. The van der Waals surface area contributed by atoms with E-state index in [-0.39, 0.29) is 6.03 Å². The molecule has 1 rings (SSSR count). The number of hydrogen-bond acceptors (Lipinski definition) is 1. The third-order valence-corrected chi connectivity index (χ3v) is 2.73. The molecule has 0 saturated carbocycles. The summed E-state index contributed by atoms with van der Waals surface area (Å²) in [5, 5.41) is 2.76. The summed E-state index contributed by atoms with van der Waals surface area (Å²) in [5.74, 6) is 0. The van der Waals surface area contributed by atoms with Crippen molar-refractivity contribution in [2.24, 2.45) is 0 Å². The minimum Gasteiger partial charge on any atom is -0.338 e. The van der Waals surface area contributed by atoms with E-state index < -0.39 is 0 Å². The molecule has 0 aliphatic heterocycles. The van der Waals surface area contributed by atoms with Gasteiger partial charge in [-0.3, -0.25) is 0 Å². The summed E-state index contributed by atoms with van der Waals surface area (Å²) in [5.41, 5.74) is 1.14. The summed E-state index contributed by atoms with van der Waals surface area (Å²) in [6.07, 6.45) is 0. The van der Waals surface area contributed by atoms with Gasteiger partial charge < -0.3 is 10.2 Å². The molecule has 2 amide bonds. The number of nitrogens with one attached hydrogen (secondary N) is 1. The standard InChI is InChI=1S/C11H15IN2O/c1-3-13-11(15)14(2)8-9-4-6-10(12)7-5-9/h4-7H,3,8H2,1-2H3,(H,13,15). The fourth-order valence-electron chi connectivity index (χ4n) is 1.22. The zero-order chi connectivity index (χ0) is 11.3. The van der Waals surface area contributed by atoms with Crippen molar-refractivity contribution in [3.8, 4) is 0 Å². The van der Waals surface area contributed by atoms with Gasteiger partial charge in [-0.2, -0.15) is 0 Å². The molecule has 0 aliphatic rings. The Kier molecular flexibility index (Phi) is 4.87. The lowest BCUT2D eigenvalue weighted by Gasteiger charge is -2.17. The van der Waals surface area contributed by atoms with E-state index in [0.717, 1.165) is 5.56 Å². The quantitative estimate of drug-likeness (QED) is 0.853. The highest BCUT2D eigenvalue weighted by atomic mass is 127. The molecule has 82 valence electrons. The van der Waals surface area contributed by atoms with E-state index in [9.17, 15) is 4.79 Å². The predicted octanol–water partition coefficient (Wildman–Crippen LogP) is 2.45. The Labute approximate surface area is 104 Å². The highest BCUT2D eigenvalue weighted by Crippen LogP contribution is 2.08. The first-order valence-corrected chi connectivity index (χ1v) is 5.94. The van der Waals surface area contributed by atoms with Crippen LogP contribution in [0.2, 0.25) is 0 Å². The first kappa shape index (κ1) is 12.3. The van der Waals surface area contributed by atoms with E-state index in [1.54, 1.807) is 11.9 Å². The molecule has 0 fully saturated rings. The highest BCUT2D eigenvalue weighted by Gasteiger charge is 2.06. The van der Waals surface area contributed by atoms with Gasteiger partial charge in [-0.15, -0.1) is 0 Å². The Morgan fingerprint density at radius 1 is 1.40 bits per heavy atom. The third-order valence-electron chi connectivity index (χ3n) is 2.01. The molecular formula is C11H15IN2O. The molecule has 1 N–H and O–H groups in total. The SMILES string of the molecule is CCNC(=O)N(C)Cc1ccc(I)cc1. The van der Waals surface area contributed by atoms with Crippen LogP contribution in [0.25, 0.3) is 0 Å². The largest absolute Gasteiger partial charge is 0.338 e. The van der Waals surface area contributed by atoms with Gasteiger partial charge in [0.1, 0.15) is 0 Å². The number of carbonyl (C=O) groups is 1. The van der Waals surface area contributed by atoms with Gasteiger partial charge in [-0.05, 0) is 47.2 Å². The number of nitrogens with zero attached hydrogens (tertiary/aromatic N) is 1. The lowest BCUT2D eigenvalue weighted by molar-refractivity contribution is 0.207. The molecular weight excluding hydrogens is 303 g/mol. The normalized spacial score (nSPS) is 9.80. The van der Waals surface area contributed by atoms with E-state index >= 15 is 0 Å². The van der Waals surface area contributed by atoms with E-state index in [0.29, 0.717) is 13.1 Å². The molecule has 0 radical (unpaired) electrons. The molecule has 4 heteroatoms.